The van der Waals surface area contributed by atoms with Gasteiger partial charge in [-0.15, -0.1) is 0 Å². The molecule has 0 aromatic carbocycles. The molecule has 1 aromatic heterocycles. The molecule has 1 spiro atoms. The Balaban J connectivity index is 1.79. The van der Waals surface area contributed by atoms with E-state index < -0.39 is 26.8 Å². The van der Waals surface area contributed by atoms with E-state index in [9.17, 15) is 12.8 Å². The van der Waals surface area contributed by atoms with Crippen molar-refractivity contribution in [2.24, 2.45) is 5.92 Å². The van der Waals surface area contributed by atoms with Gasteiger partial charge in [-0.25, -0.2) is 17.8 Å². The Bertz CT molecular complexity index is 792. The monoisotopic (exact) mass is 324 g/mol. The minimum absolute atomic E-state index is 0.223. The molecule has 0 unspecified atom stereocenters. The molecule has 1 saturated carbocycles. The maximum absolute atomic E-state index is 13.7. The summed E-state index contributed by atoms with van der Waals surface area (Å²) in [6, 6.07) is 3.49. The number of fused-ring (bicyclic) bond motifs is 2. The largest absolute Gasteiger partial charge is 0.384 e. The van der Waals surface area contributed by atoms with Gasteiger partial charge in [-0.05, 0) is 30.4 Å². The molecule has 4 N–H and O–H groups in total. The molecule has 3 aliphatic rings. The van der Waals surface area contributed by atoms with Gasteiger partial charge in [0.15, 0.2) is 14.6 Å². The van der Waals surface area contributed by atoms with Gasteiger partial charge >= 0.3 is 0 Å². The number of rotatable bonds is 2. The average molecular weight is 324 g/mol. The molecular weight excluding hydrogens is 307 g/mol. The molecule has 0 amide bonds. The van der Waals surface area contributed by atoms with Crippen LogP contribution in [0.5, 0.6) is 0 Å². The van der Waals surface area contributed by atoms with Crippen LogP contribution in [0.2, 0.25) is 0 Å². The fourth-order valence-corrected chi connectivity index (χ4v) is 6.33. The van der Waals surface area contributed by atoms with Gasteiger partial charge in [0.1, 0.15) is 18.3 Å². The Morgan fingerprint density at radius 3 is 2.77 bits per heavy atom. The fourth-order valence-electron chi connectivity index (χ4n) is 3.84. The number of alkyl halides is 1. The van der Waals surface area contributed by atoms with E-state index in [4.69, 9.17) is 11.1 Å². The van der Waals surface area contributed by atoms with E-state index >= 15 is 0 Å². The molecule has 1 saturated heterocycles. The van der Waals surface area contributed by atoms with Crippen molar-refractivity contribution in [3.8, 4) is 0 Å². The normalized spacial score (nSPS) is 35.6. The van der Waals surface area contributed by atoms with Crippen molar-refractivity contribution in [1.82, 2.24) is 10.3 Å². The molecule has 22 heavy (non-hydrogen) atoms. The maximum atomic E-state index is 13.7. The van der Waals surface area contributed by atoms with Crippen LogP contribution in [0.15, 0.2) is 12.1 Å². The molecule has 8 heteroatoms. The smallest absolute Gasteiger partial charge is 0.168 e. The number of hydrogen-bond donors (Lipinski definition) is 3. The number of nitrogens with two attached hydrogens (primary N) is 1. The molecule has 1 aliphatic heterocycles. The molecule has 118 valence electrons. The molecule has 6 nitrogen and oxygen atoms in total. The summed E-state index contributed by atoms with van der Waals surface area (Å²) in [5.74, 6) is -0.424. The second-order valence-electron chi connectivity index (χ2n) is 6.56. The highest BCUT2D eigenvalue weighted by Crippen LogP contribution is 2.51. The summed E-state index contributed by atoms with van der Waals surface area (Å²) in [5, 5.41) is 11.2. The summed E-state index contributed by atoms with van der Waals surface area (Å²) in [6.07, 6.45) is 1.77. The van der Waals surface area contributed by atoms with Crippen LogP contribution in [-0.4, -0.2) is 36.4 Å². The third-order valence-corrected chi connectivity index (χ3v) is 7.79. The molecule has 0 bridgehead atoms. The number of hydrogen-bond acceptors (Lipinski definition) is 5. The van der Waals surface area contributed by atoms with Gasteiger partial charge in [0, 0.05) is 6.42 Å². The van der Waals surface area contributed by atoms with Crippen LogP contribution in [0.25, 0.3) is 0 Å². The average Bonchev–Trinajstić information content (AvgIpc) is 3.25. The molecule has 2 aliphatic carbocycles. The van der Waals surface area contributed by atoms with Crippen molar-refractivity contribution in [3.63, 3.8) is 0 Å². The summed E-state index contributed by atoms with van der Waals surface area (Å²) >= 11 is 0. The Morgan fingerprint density at radius 1 is 1.45 bits per heavy atom. The molecule has 2 atom stereocenters. The second-order valence-corrected chi connectivity index (χ2v) is 8.81. The lowest BCUT2D eigenvalue weighted by atomic mass is 9.74. The third-order valence-electron chi connectivity index (χ3n) is 5.16. The summed E-state index contributed by atoms with van der Waals surface area (Å²) < 4.78 is 37.7. The fraction of sp³-hybridized carbons (Fsp3) is 0.571. The molecule has 2 heterocycles. The van der Waals surface area contributed by atoms with E-state index in [1.807, 2.05) is 6.07 Å². The molecule has 1 aromatic rings. The summed E-state index contributed by atoms with van der Waals surface area (Å²) in [4.78, 5) is 4.23. The summed E-state index contributed by atoms with van der Waals surface area (Å²) in [6.45, 7) is -1.04. The summed E-state index contributed by atoms with van der Waals surface area (Å²) in [5.41, 5.74) is 6.26. The predicted octanol–water partition coefficient (Wildman–Crippen LogP) is 0.529. The number of nitrogens with zero attached hydrogens (tertiary/aromatic N) is 1. The zero-order valence-electron chi connectivity index (χ0n) is 11.9. The first-order valence-electron chi connectivity index (χ1n) is 7.26. The van der Waals surface area contributed by atoms with Gasteiger partial charge in [0.25, 0.3) is 0 Å². The Hall–Kier alpha value is -1.70. The van der Waals surface area contributed by atoms with Crippen LogP contribution < -0.4 is 11.1 Å². The van der Waals surface area contributed by atoms with Crippen molar-refractivity contribution in [1.29, 1.82) is 5.41 Å². The van der Waals surface area contributed by atoms with E-state index in [1.165, 1.54) is 0 Å². The van der Waals surface area contributed by atoms with Gasteiger partial charge in [-0.1, -0.05) is 6.07 Å². The topological polar surface area (TPSA) is 109 Å². The number of nitrogen functional groups attached to an aromatic ring is 1. The van der Waals surface area contributed by atoms with E-state index in [-0.39, 0.29) is 17.5 Å². The molecule has 0 radical (unpaired) electrons. The second kappa shape index (κ2) is 3.98. The number of anilines is 1. The lowest BCUT2D eigenvalue weighted by molar-refractivity contribution is 0.316. The van der Waals surface area contributed by atoms with E-state index in [2.05, 4.69) is 10.3 Å². The highest BCUT2D eigenvalue weighted by molar-refractivity contribution is 7.93. The SMILES string of the molecule is N=C1N[C@@]2(Cc3ccc(N)nc32)CS(=O)(=O)[C@@]1(CF)C1CC1. The number of aromatic nitrogens is 1. The van der Waals surface area contributed by atoms with Gasteiger partial charge in [-0.2, -0.15) is 0 Å². The van der Waals surface area contributed by atoms with Gasteiger partial charge in [-0.3, -0.25) is 5.41 Å². The standard InChI is InChI=1S/C14H17FN4O2S/c15-6-14(9-2-3-9)12(17)19-13(7-22(14,20)21)5-8-1-4-10(16)18-11(8)13/h1,4,9H,2-3,5-7H2,(H2,16,18)(H2,17,19)/t13-,14-/m0/s1. The third kappa shape index (κ3) is 1.51. The maximum Gasteiger partial charge on any atom is 0.168 e. The highest BCUT2D eigenvalue weighted by atomic mass is 32.2. The van der Waals surface area contributed by atoms with Crippen molar-refractivity contribution >= 4 is 21.5 Å². The van der Waals surface area contributed by atoms with Crippen molar-refractivity contribution in [3.05, 3.63) is 23.4 Å². The van der Waals surface area contributed by atoms with Crippen LogP contribution >= 0.6 is 0 Å². The van der Waals surface area contributed by atoms with Crippen molar-refractivity contribution in [2.45, 2.75) is 29.5 Å². The Kier molecular flexibility index (Phi) is 2.52. The molecular formula is C14H17FN4O2S. The number of pyridine rings is 1. The van der Waals surface area contributed by atoms with Crippen molar-refractivity contribution in [2.75, 3.05) is 18.2 Å². The minimum Gasteiger partial charge on any atom is -0.384 e. The zero-order valence-corrected chi connectivity index (χ0v) is 12.7. The van der Waals surface area contributed by atoms with Crippen LogP contribution in [-0.2, 0) is 21.8 Å². The van der Waals surface area contributed by atoms with E-state index in [0.29, 0.717) is 30.8 Å². The zero-order chi connectivity index (χ0) is 15.8. The predicted molar refractivity (Wildman–Crippen MR) is 80.1 cm³/mol. The van der Waals surface area contributed by atoms with Crippen LogP contribution in [0.3, 0.4) is 0 Å². The Labute approximate surface area is 127 Å². The van der Waals surface area contributed by atoms with E-state index in [1.54, 1.807) is 6.07 Å². The van der Waals surface area contributed by atoms with Crippen molar-refractivity contribution < 1.29 is 12.8 Å². The van der Waals surface area contributed by atoms with Crippen LogP contribution in [0.1, 0.15) is 24.1 Å². The van der Waals surface area contributed by atoms with Gasteiger partial charge in [0.2, 0.25) is 0 Å². The first kappa shape index (κ1) is 13.9. The molecule has 2 fully saturated rings. The first-order chi connectivity index (χ1) is 10.3. The molecule has 4 rings (SSSR count). The number of sulfone groups is 1. The minimum atomic E-state index is -3.79. The van der Waals surface area contributed by atoms with Crippen LogP contribution in [0.4, 0.5) is 10.2 Å². The van der Waals surface area contributed by atoms with Crippen LogP contribution in [0, 0.1) is 11.3 Å². The number of nitrogens with one attached hydrogen (secondary N) is 2. The van der Waals surface area contributed by atoms with Gasteiger partial charge < -0.3 is 11.1 Å². The quantitative estimate of drug-likeness (QED) is 0.735. The number of amidine groups is 1. The Morgan fingerprint density at radius 2 is 2.18 bits per heavy atom. The highest BCUT2D eigenvalue weighted by Gasteiger charge is 2.65. The van der Waals surface area contributed by atoms with E-state index in [0.717, 1.165) is 5.56 Å². The summed E-state index contributed by atoms with van der Waals surface area (Å²) in [7, 11) is -3.79. The lowest BCUT2D eigenvalue weighted by Crippen LogP contribution is -2.72. The first-order valence-corrected chi connectivity index (χ1v) is 8.91. The van der Waals surface area contributed by atoms with Gasteiger partial charge in [0.05, 0.1) is 17.0 Å². The lowest BCUT2D eigenvalue weighted by Gasteiger charge is -2.51. The number of halogens is 1.